The van der Waals surface area contributed by atoms with E-state index in [2.05, 4.69) is 9.62 Å². The number of ether oxygens (including phenoxy) is 1. The molecule has 5 nitrogen and oxygen atoms in total. The SMILES string of the molecule is COc1ccc(C(CNS(=O)(=O)c2ccc(F)cc2F)N2CCCC2)cc1. The predicted molar refractivity (Wildman–Crippen MR) is 98.1 cm³/mol. The highest BCUT2D eigenvalue weighted by Crippen LogP contribution is 2.27. The summed E-state index contributed by atoms with van der Waals surface area (Å²) in [5, 5.41) is 0. The molecule has 146 valence electrons. The second-order valence-corrected chi connectivity index (χ2v) is 8.19. The van der Waals surface area contributed by atoms with Crippen LogP contribution in [0.3, 0.4) is 0 Å². The Bertz CT molecular complexity index is 882. The molecule has 0 amide bonds. The maximum absolute atomic E-state index is 13.9. The van der Waals surface area contributed by atoms with Crippen molar-refractivity contribution in [2.75, 3.05) is 26.7 Å². The van der Waals surface area contributed by atoms with Gasteiger partial charge in [-0.1, -0.05) is 12.1 Å². The number of hydrogen-bond acceptors (Lipinski definition) is 4. The molecule has 1 atom stereocenters. The third kappa shape index (κ3) is 4.63. The number of hydrogen-bond donors (Lipinski definition) is 1. The average molecular weight is 396 g/mol. The van der Waals surface area contributed by atoms with Gasteiger partial charge in [0, 0.05) is 18.7 Å². The van der Waals surface area contributed by atoms with E-state index in [1.54, 1.807) is 7.11 Å². The zero-order valence-corrected chi connectivity index (χ0v) is 15.8. The highest BCUT2D eigenvalue weighted by molar-refractivity contribution is 7.89. The van der Waals surface area contributed by atoms with Crippen LogP contribution in [0.25, 0.3) is 0 Å². The summed E-state index contributed by atoms with van der Waals surface area (Å²) in [5.41, 5.74) is 0.944. The number of methoxy groups -OCH3 is 1. The summed E-state index contributed by atoms with van der Waals surface area (Å²) < 4.78 is 59.6. The van der Waals surface area contributed by atoms with E-state index in [1.807, 2.05) is 24.3 Å². The summed E-state index contributed by atoms with van der Waals surface area (Å²) in [4.78, 5) is 1.64. The summed E-state index contributed by atoms with van der Waals surface area (Å²) >= 11 is 0. The molecule has 0 spiro atoms. The van der Waals surface area contributed by atoms with Crippen LogP contribution in [-0.4, -0.2) is 40.1 Å². The fourth-order valence-corrected chi connectivity index (χ4v) is 4.39. The Morgan fingerprint density at radius 1 is 1.11 bits per heavy atom. The van der Waals surface area contributed by atoms with E-state index in [-0.39, 0.29) is 12.6 Å². The minimum atomic E-state index is -4.10. The van der Waals surface area contributed by atoms with E-state index >= 15 is 0 Å². The summed E-state index contributed by atoms with van der Waals surface area (Å²) in [6, 6.07) is 9.69. The molecule has 1 saturated heterocycles. The molecule has 8 heteroatoms. The molecule has 2 aromatic rings. The van der Waals surface area contributed by atoms with Gasteiger partial charge in [0.05, 0.1) is 7.11 Å². The van der Waals surface area contributed by atoms with Crippen LogP contribution >= 0.6 is 0 Å². The summed E-state index contributed by atoms with van der Waals surface area (Å²) in [6.45, 7) is 1.82. The van der Waals surface area contributed by atoms with Gasteiger partial charge in [0.15, 0.2) is 0 Å². The number of sulfonamides is 1. The Morgan fingerprint density at radius 3 is 2.37 bits per heavy atom. The van der Waals surface area contributed by atoms with E-state index in [0.717, 1.165) is 43.6 Å². The van der Waals surface area contributed by atoms with Crippen LogP contribution in [0.5, 0.6) is 5.75 Å². The lowest BCUT2D eigenvalue weighted by molar-refractivity contribution is 0.246. The van der Waals surface area contributed by atoms with Gasteiger partial charge in [0.1, 0.15) is 22.3 Å². The molecule has 1 fully saturated rings. The zero-order chi connectivity index (χ0) is 19.4. The van der Waals surface area contributed by atoms with Gasteiger partial charge in [-0.2, -0.15) is 0 Å². The van der Waals surface area contributed by atoms with E-state index < -0.39 is 26.6 Å². The van der Waals surface area contributed by atoms with Crippen molar-refractivity contribution < 1.29 is 21.9 Å². The highest BCUT2D eigenvalue weighted by atomic mass is 32.2. The van der Waals surface area contributed by atoms with Crippen molar-refractivity contribution >= 4 is 10.0 Å². The fourth-order valence-electron chi connectivity index (χ4n) is 3.30. The third-order valence-electron chi connectivity index (χ3n) is 4.73. The zero-order valence-electron chi connectivity index (χ0n) is 15.0. The van der Waals surface area contributed by atoms with E-state index in [1.165, 1.54) is 0 Å². The quantitative estimate of drug-likeness (QED) is 0.781. The fraction of sp³-hybridized carbons (Fsp3) is 0.368. The molecule has 0 aromatic heterocycles. The van der Waals surface area contributed by atoms with E-state index in [9.17, 15) is 17.2 Å². The summed E-state index contributed by atoms with van der Waals surface area (Å²) in [7, 11) is -2.51. The Labute approximate surface area is 158 Å². The average Bonchev–Trinajstić information content (AvgIpc) is 3.16. The molecule has 1 aliphatic rings. The molecule has 1 N–H and O–H groups in total. The Hall–Kier alpha value is -2.03. The summed E-state index contributed by atoms with van der Waals surface area (Å²) in [6.07, 6.45) is 2.10. The molecule has 0 radical (unpaired) electrons. The number of benzene rings is 2. The molecule has 2 aromatic carbocycles. The highest BCUT2D eigenvalue weighted by Gasteiger charge is 2.27. The normalized spacial score (nSPS) is 16.4. The van der Waals surface area contributed by atoms with Crippen LogP contribution in [0.4, 0.5) is 8.78 Å². The van der Waals surface area contributed by atoms with Crippen molar-refractivity contribution in [1.29, 1.82) is 0 Å². The van der Waals surface area contributed by atoms with Gasteiger partial charge in [-0.25, -0.2) is 21.9 Å². The standard InChI is InChI=1S/C19H22F2N2O3S/c1-26-16-7-4-14(5-8-16)18(23-10-2-3-11-23)13-22-27(24,25)19-9-6-15(20)12-17(19)21/h4-9,12,18,22H,2-3,10-11,13H2,1H3. The summed E-state index contributed by atoms with van der Waals surface area (Å²) in [5.74, 6) is -1.21. The lowest BCUT2D eigenvalue weighted by atomic mass is 10.1. The van der Waals surface area contributed by atoms with Crippen molar-refractivity contribution in [3.8, 4) is 5.75 Å². The first kappa shape index (κ1) is 19.7. The van der Waals surface area contributed by atoms with Gasteiger partial charge < -0.3 is 4.74 Å². The second kappa shape index (κ2) is 8.33. The maximum atomic E-state index is 13.9. The van der Waals surface area contributed by atoms with Crippen molar-refractivity contribution in [3.05, 3.63) is 59.7 Å². The van der Waals surface area contributed by atoms with Crippen LogP contribution in [0.15, 0.2) is 47.4 Å². The molecule has 27 heavy (non-hydrogen) atoms. The Balaban J connectivity index is 1.81. The molecule has 0 saturated carbocycles. The molecule has 0 bridgehead atoms. The number of rotatable bonds is 7. The van der Waals surface area contributed by atoms with Gasteiger partial charge in [0.2, 0.25) is 10.0 Å². The Morgan fingerprint density at radius 2 is 1.78 bits per heavy atom. The number of halogens is 2. The molecule has 1 unspecified atom stereocenters. The van der Waals surface area contributed by atoms with Crippen molar-refractivity contribution in [2.24, 2.45) is 0 Å². The van der Waals surface area contributed by atoms with Crippen LogP contribution in [0.2, 0.25) is 0 Å². The topological polar surface area (TPSA) is 58.6 Å². The van der Waals surface area contributed by atoms with Gasteiger partial charge in [-0.15, -0.1) is 0 Å². The predicted octanol–water partition coefficient (Wildman–Crippen LogP) is 3.09. The first-order valence-corrected chi connectivity index (χ1v) is 10.2. The van der Waals surface area contributed by atoms with Gasteiger partial charge >= 0.3 is 0 Å². The van der Waals surface area contributed by atoms with Gasteiger partial charge in [-0.3, -0.25) is 4.90 Å². The Kier molecular flexibility index (Phi) is 6.08. The first-order chi connectivity index (χ1) is 12.9. The van der Waals surface area contributed by atoms with Crippen LogP contribution < -0.4 is 9.46 Å². The third-order valence-corrected chi connectivity index (χ3v) is 6.19. The largest absolute Gasteiger partial charge is 0.497 e. The van der Waals surface area contributed by atoms with Gasteiger partial charge in [-0.05, 0) is 55.8 Å². The van der Waals surface area contributed by atoms with Crippen LogP contribution in [-0.2, 0) is 10.0 Å². The number of nitrogens with one attached hydrogen (secondary N) is 1. The molecule has 1 heterocycles. The minimum Gasteiger partial charge on any atom is -0.497 e. The molecular weight excluding hydrogens is 374 g/mol. The second-order valence-electron chi connectivity index (χ2n) is 6.46. The van der Waals surface area contributed by atoms with Gasteiger partial charge in [0.25, 0.3) is 0 Å². The monoisotopic (exact) mass is 396 g/mol. The van der Waals surface area contributed by atoms with Crippen molar-refractivity contribution in [1.82, 2.24) is 9.62 Å². The molecular formula is C19H22F2N2O3S. The smallest absolute Gasteiger partial charge is 0.243 e. The van der Waals surface area contributed by atoms with Crippen LogP contribution in [0.1, 0.15) is 24.4 Å². The van der Waals surface area contributed by atoms with Crippen molar-refractivity contribution in [2.45, 2.75) is 23.8 Å². The van der Waals surface area contributed by atoms with E-state index in [0.29, 0.717) is 11.8 Å². The number of nitrogens with zero attached hydrogens (tertiary/aromatic N) is 1. The van der Waals surface area contributed by atoms with Crippen molar-refractivity contribution in [3.63, 3.8) is 0 Å². The minimum absolute atomic E-state index is 0.0888. The molecule has 1 aliphatic heterocycles. The number of likely N-dealkylation sites (tertiary alicyclic amines) is 1. The first-order valence-electron chi connectivity index (χ1n) is 8.73. The van der Waals surface area contributed by atoms with Crippen LogP contribution in [0, 0.1) is 11.6 Å². The lowest BCUT2D eigenvalue weighted by Gasteiger charge is -2.28. The molecule has 0 aliphatic carbocycles. The molecule has 3 rings (SSSR count). The van der Waals surface area contributed by atoms with E-state index in [4.69, 9.17) is 4.74 Å². The lowest BCUT2D eigenvalue weighted by Crippen LogP contribution is -2.37. The maximum Gasteiger partial charge on any atom is 0.243 e.